The second-order valence-corrected chi connectivity index (χ2v) is 6.61. The minimum absolute atomic E-state index is 0.120. The van der Waals surface area contributed by atoms with E-state index in [1.807, 2.05) is 31.3 Å². The maximum absolute atomic E-state index is 11.9. The quantitative estimate of drug-likeness (QED) is 0.656. The number of aromatic nitrogens is 4. The Morgan fingerprint density at radius 3 is 2.39 bits per heavy atom. The highest BCUT2D eigenvalue weighted by Gasteiger charge is 2.07. The van der Waals surface area contributed by atoms with Crippen molar-refractivity contribution in [2.45, 2.75) is 34.2 Å². The molecule has 0 spiro atoms. The average molecular weight is 378 g/mol. The fraction of sp³-hybridized carbons (Fsp3) is 0.333. The van der Waals surface area contributed by atoms with Crippen LogP contribution in [0, 0.1) is 13.8 Å². The normalized spacial score (nSPS) is 10.7. The van der Waals surface area contributed by atoms with E-state index < -0.39 is 0 Å². The Kier molecular flexibility index (Phi) is 6.03. The molecule has 0 aromatic carbocycles. The number of hydrogen-bond donors (Lipinski definition) is 2. The van der Waals surface area contributed by atoms with Crippen LogP contribution in [0.15, 0.2) is 41.5 Å². The van der Waals surface area contributed by atoms with Gasteiger partial charge in [0, 0.05) is 48.8 Å². The fourth-order valence-corrected chi connectivity index (χ4v) is 2.87. The number of nitrogens with zero attached hydrogens (tertiary/aromatic N) is 4. The molecule has 0 aliphatic carbocycles. The second kappa shape index (κ2) is 8.65. The molecule has 3 aromatic rings. The van der Waals surface area contributed by atoms with E-state index in [9.17, 15) is 4.79 Å². The third-order valence-corrected chi connectivity index (χ3v) is 4.80. The fourth-order valence-electron chi connectivity index (χ4n) is 2.87. The van der Waals surface area contributed by atoms with Gasteiger partial charge in [0.15, 0.2) is 0 Å². The number of aryl methyl sites for hydroxylation is 1. The summed E-state index contributed by atoms with van der Waals surface area (Å²) in [7, 11) is 0. The lowest BCUT2D eigenvalue weighted by atomic mass is 10.2. The smallest absolute Gasteiger partial charge is 0.254 e. The van der Waals surface area contributed by atoms with Crippen molar-refractivity contribution in [2.75, 3.05) is 23.3 Å². The predicted molar refractivity (Wildman–Crippen MR) is 113 cm³/mol. The van der Waals surface area contributed by atoms with E-state index in [4.69, 9.17) is 0 Å². The Labute approximate surface area is 164 Å². The van der Waals surface area contributed by atoms with E-state index >= 15 is 0 Å². The van der Waals surface area contributed by atoms with Crippen molar-refractivity contribution < 1.29 is 0 Å². The molecule has 28 heavy (non-hydrogen) atoms. The summed E-state index contributed by atoms with van der Waals surface area (Å²) in [4.78, 5) is 30.3. The highest BCUT2D eigenvalue weighted by Crippen LogP contribution is 2.16. The largest absolute Gasteiger partial charge is 0.366 e. The highest BCUT2D eigenvalue weighted by atomic mass is 16.1. The molecule has 7 nitrogen and oxygen atoms in total. The number of aromatic amines is 1. The first-order chi connectivity index (χ1) is 13.5. The zero-order valence-corrected chi connectivity index (χ0v) is 16.8. The van der Waals surface area contributed by atoms with Crippen LogP contribution < -0.4 is 15.8 Å². The van der Waals surface area contributed by atoms with E-state index in [-0.39, 0.29) is 5.56 Å². The van der Waals surface area contributed by atoms with Crippen LogP contribution in [0.4, 0.5) is 11.6 Å². The van der Waals surface area contributed by atoms with Crippen LogP contribution in [0.5, 0.6) is 0 Å². The Morgan fingerprint density at radius 2 is 1.82 bits per heavy atom. The SMILES string of the molecule is CCN(CC)c1ccc(CNc2ccc(-c3nc(C)c(C)c(=O)[nH]3)cn2)cn1. The molecular formula is C21H26N6O. The zero-order valence-electron chi connectivity index (χ0n) is 16.8. The molecule has 0 aliphatic rings. The molecule has 0 bridgehead atoms. The van der Waals surface area contributed by atoms with Crippen molar-refractivity contribution in [3.8, 4) is 11.4 Å². The molecule has 0 saturated heterocycles. The van der Waals surface area contributed by atoms with Crippen LogP contribution in [0.1, 0.15) is 30.7 Å². The predicted octanol–water partition coefficient (Wildman–Crippen LogP) is 3.30. The van der Waals surface area contributed by atoms with Gasteiger partial charge in [0.05, 0.1) is 0 Å². The molecule has 0 atom stereocenters. The van der Waals surface area contributed by atoms with Gasteiger partial charge in [-0.2, -0.15) is 0 Å². The number of pyridine rings is 2. The van der Waals surface area contributed by atoms with Crippen LogP contribution in [-0.4, -0.2) is 33.0 Å². The van der Waals surface area contributed by atoms with Gasteiger partial charge < -0.3 is 15.2 Å². The lowest BCUT2D eigenvalue weighted by molar-refractivity contribution is 0.844. The van der Waals surface area contributed by atoms with Crippen LogP contribution in [0.25, 0.3) is 11.4 Å². The molecular weight excluding hydrogens is 352 g/mol. The summed E-state index contributed by atoms with van der Waals surface area (Å²) in [5.74, 6) is 2.28. The van der Waals surface area contributed by atoms with E-state index in [1.54, 1.807) is 13.1 Å². The van der Waals surface area contributed by atoms with Crippen LogP contribution in [0.2, 0.25) is 0 Å². The molecule has 2 N–H and O–H groups in total. The number of anilines is 2. The molecule has 3 rings (SSSR count). The van der Waals surface area contributed by atoms with Crippen LogP contribution in [0.3, 0.4) is 0 Å². The van der Waals surface area contributed by atoms with Crippen molar-refractivity contribution in [2.24, 2.45) is 0 Å². The molecule has 0 saturated carbocycles. The lowest BCUT2D eigenvalue weighted by Crippen LogP contribution is -2.22. The van der Waals surface area contributed by atoms with Crippen molar-refractivity contribution in [1.82, 2.24) is 19.9 Å². The van der Waals surface area contributed by atoms with Gasteiger partial charge in [0.1, 0.15) is 17.5 Å². The maximum atomic E-state index is 11.9. The third kappa shape index (κ3) is 4.36. The molecule has 146 valence electrons. The molecule has 7 heteroatoms. The van der Waals surface area contributed by atoms with Crippen LogP contribution >= 0.6 is 0 Å². The van der Waals surface area contributed by atoms with Gasteiger partial charge in [-0.3, -0.25) is 4.79 Å². The average Bonchev–Trinajstić information content (AvgIpc) is 2.72. The summed E-state index contributed by atoms with van der Waals surface area (Å²) in [6, 6.07) is 7.89. The zero-order chi connectivity index (χ0) is 20.1. The minimum atomic E-state index is -0.120. The number of hydrogen-bond acceptors (Lipinski definition) is 6. The third-order valence-electron chi connectivity index (χ3n) is 4.80. The Hall–Kier alpha value is -3.22. The van der Waals surface area contributed by atoms with Gasteiger partial charge in [-0.05, 0) is 51.5 Å². The topological polar surface area (TPSA) is 86.8 Å². The molecule has 0 unspecified atom stereocenters. The van der Waals surface area contributed by atoms with Crippen molar-refractivity contribution in [3.05, 3.63) is 63.8 Å². The number of H-pyrrole nitrogens is 1. The maximum Gasteiger partial charge on any atom is 0.254 e. The summed E-state index contributed by atoms with van der Waals surface area (Å²) in [6.07, 6.45) is 3.59. The van der Waals surface area contributed by atoms with E-state index in [0.717, 1.165) is 41.5 Å². The van der Waals surface area contributed by atoms with Crippen molar-refractivity contribution in [1.29, 1.82) is 0 Å². The number of nitrogens with one attached hydrogen (secondary N) is 2. The summed E-state index contributed by atoms with van der Waals surface area (Å²) >= 11 is 0. The minimum Gasteiger partial charge on any atom is -0.366 e. The molecule has 3 heterocycles. The van der Waals surface area contributed by atoms with E-state index in [1.165, 1.54) is 0 Å². The second-order valence-electron chi connectivity index (χ2n) is 6.61. The number of rotatable bonds is 7. The van der Waals surface area contributed by atoms with E-state index in [0.29, 0.717) is 17.9 Å². The summed E-state index contributed by atoms with van der Waals surface area (Å²) in [6.45, 7) is 10.4. The van der Waals surface area contributed by atoms with Crippen molar-refractivity contribution >= 4 is 11.6 Å². The van der Waals surface area contributed by atoms with Gasteiger partial charge in [0.2, 0.25) is 0 Å². The van der Waals surface area contributed by atoms with Crippen LogP contribution in [-0.2, 0) is 6.54 Å². The first-order valence-electron chi connectivity index (χ1n) is 9.49. The van der Waals surface area contributed by atoms with Crippen molar-refractivity contribution in [3.63, 3.8) is 0 Å². The first kappa shape index (κ1) is 19.5. The van der Waals surface area contributed by atoms with Gasteiger partial charge in [-0.15, -0.1) is 0 Å². The lowest BCUT2D eigenvalue weighted by Gasteiger charge is -2.19. The molecule has 0 radical (unpaired) electrons. The standard InChI is InChI=1S/C21H26N6O/c1-5-27(6-2)19-10-7-16(12-24-19)11-22-18-9-8-17(13-23-18)20-25-15(4)14(3)21(28)26-20/h7-10,12-13H,5-6,11H2,1-4H3,(H,22,23)(H,25,26,28). The Balaban J connectivity index is 1.66. The van der Waals surface area contributed by atoms with E-state index in [2.05, 4.69) is 50.1 Å². The summed E-state index contributed by atoms with van der Waals surface area (Å²) in [5.41, 5.74) is 3.10. The van der Waals surface area contributed by atoms with Gasteiger partial charge in [0.25, 0.3) is 5.56 Å². The van der Waals surface area contributed by atoms with Gasteiger partial charge in [-0.25, -0.2) is 15.0 Å². The molecule has 0 amide bonds. The summed E-state index contributed by atoms with van der Waals surface area (Å²) in [5, 5.41) is 3.29. The molecule has 0 fully saturated rings. The molecule has 3 aromatic heterocycles. The monoisotopic (exact) mass is 378 g/mol. The van der Waals surface area contributed by atoms with Gasteiger partial charge >= 0.3 is 0 Å². The highest BCUT2D eigenvalue weighted by molar-refractivity contribution is 5.56. The Bertz CT molecular complexity index is 975. The Morgan fingerprint density at radius 1 is 1.04 bits per heavy atom. The molecule has 0 aliphatic heterocycles. The summed E-state index contributed by atoms with van der Waals surface area (Å²) < 4.78 is 0. The van der Waals surface area contributed by atoms with Gasteiger partial charge in [-0.1, -0.05) is 6.07 Å². The first-order valence-corrected chi connectivity index (χ1v) is 9.49.